The van der Waals surface area contributed by atoms with Gasteiger partial charge in [-0.3, -0.25) is 0 Å². The summed E-state index contributed by atoms with van der Waals surface area (Å²) in [4.78, 5) is 0. The average molecular weight is 267 g/mol. The Morgan fingerprint density at radius 1 is 0.882 bits per heavy atom. The molecule has 0 amide bonds. The Morgan fingerprint density at radius 2 is 1.29 bits per heavy atom. The molecule has 0 aromatic rings. The first-order chi connectivity index (χ1) is 8.06. The second kappa shape index (κ2) is 5.09. The minimum atomic E-state index is -0.172. The number of halogens is 2. The first-order valence-corrected chi connectivity index (χ1v) is 5.96. The van der Waals surface area contributed by atoms with Crippen molar-refractivity contribution in [2.24, 2.45) is 0 Å². The van der Waals surface area contributed by atoms with Crippen molar-refractivity contribution in [3.8, 4) is 0 Å². The summed E-state index contributed by atoms with van der Waals surface area (Å²) < 4.78 is 5.87. The average Bonchev–Trinajstić information content (AvgIpc) is 2.25. The van der Waals surface area contributed by atoms with Gasteiger partial charge in [-0.25, -0.2) is 0 Å². The number of ether oxygens (including phenoxy) is 1. The molecular weight excluding hydrogens is 255 g/mol. The highest BCUT2D eigenvalue weighted by atomic mass is 35.5. The number of rotatable bonds is 2. The third-order valence-corrected chi connectivity index (χ3v) is 3.00. The first-order valence-electron chi connectivity index (χ1n) is 5.20. The first kappa shape index (κ1) is 12.4. The van der Waals surface area contributed by atoms with Crippen molar-refractivity contribution in [3.05, 3.63) is 70.8 Å². The summed E-state index contributed by atoms with van der Waals surface area (Å²) in [6, 6.07) is 0. The van der Waals surface area contributed by atoms with Crippen molar-refractivity contribution < 1.29 is 4.74 Å². The molecule has 0 radical (unpaired) electrons. The summed E-state index contributed by atoms with van der Waals surface area (Å²) >= 11 is 11.7. The van der Waals surface area contributed by atoms with Gasteiger partial charge in [0.1, 0.15) is 12.2 Å². The van der Waals surface area contributed by atoms with E-state index in [4.69, 9.17) is 27.9 Å². The highest BCUT2D eigenvalue weighted by Gasteiger charge is 2.19. The Morgan fingerprint density at radius 3 is 1.65 bits per heavy atom. The van der Waals surface area contributed by atoms with E-state index in [1.165, 1.54) is 0 Å². The van der Waals surface area contributed by atoms with E-state index >= 15 is 0 Å². The van der Waals surface area contributed by atoms with Crippen molar-refractivity contribution in [1.82, 2.24) is 0 Å². The van der Waals surface area contributed by atoms with E-state index in [0.717, 1.165) is 11.1 Å². The van der Waals surface area contributed by atoms with Crippen molar-refractivity contribution in [1.29, 1.82) is 0 Å². The van der Waals surface area contributed by atoms with Gasteiger partial charge in [0.05, 0.1) is 0 Å². The Balaban J connectivity index is 2.05. The molecule has 0 bridgehead atoms. The minimum absolute atomic E-state index is 0.172. The fourth-order valence-electron chi connectivity index (χ4n) is 1.64. The lowest BCUT2D eigenvalue weighted by Gasteiger charge is -2.25. The van der Waals surface area contributed by atoms with Crippen LogP contribution in [0.4, 0.5) is 0 Å². The van der Waals surface area contributed by atoms with Gasteiger partial charge in [0.15, 0.2) is 0 Å². The quantitative estimate of drug-likeness (QED) is 0.727. The molecule has 17 heavy (non-hydrogen) atoms. The van der Waals surface area contributed by atoms with Gasteiger partial charge < -0.3 is 4.74 Å². The third kappa shape index (κ3) is 3.01. The summed E-state index contributed by atoms with van der Waals surface area (Å²) in [7, 11) is 0. The molecule has 3 heteroatoms. The fraction of sp³-hybridized carbons (Fsp3) is 0.143. The van der Waals surface area contributed by atoms with Crippen LogP contribution in [0.5, 0.6) is 0 Å². The molecular formula is C14H12Cl2O. The van der Waals surface area contributed by atoms with Gasteiger partial charge in [0.2, 0.25) is 0 Å². The van der Waals surface area contributed by atoms with Crippen LogP contribution >= 0.6 is 23.2 Å². The molecule has 0 heterocycles. The predicted molar refractivity (Wildman–Crippen MR) is 73.1 cm³/mol. The van der Waals surface area contributed by atoms with Gasteiger partial charge in [-0.1, -0.05) is 36.4 Å². The SMILES string of the molecule is C=C1C=C(Cl)C=CC1OC1C=CC(Cl)=CC1=C. The zero-order valence-corrected chi connectivity index (χ0v) is 10.7. The van der Waals surface area contributed by atoms with Crippen molar-refractivity contribution >= 4 is 23.2 Å². The third-order valence-electron chi connectivity index (χ3n) is 2.53. The van der Waals surface area contributed by atoms with Crippen LogP contribution in [0, 0.1) is 0 Å². The highest BCUT2D eigenvalue weighted by molar-refractivity contribution is 6.31. The topological polar surface area (TPSA) is 9.23 Å². The monoisotopic (exact) mass is 266 g/mol. The normalized spacial score (nSPS) is 28.1. The van der Waals surface area contributed by atoms with Gasteiger partial charge in [-0.15, -0.1) is 0 Å². The maximum absolute atomic E-state index is 5.87. The van der Waals surface area contributed by atoms with E-state index < -0.39 is 0 Å². The Labute approximate surface area is 111 Å². The lowest BCUT2D eigenvalue weighted by molar-refractivity contribution is 0.0860. The second-order valence-corrected chi connectivity index (χ2v) is 4.78. The van der Waals surface area contributed by atoms with E-state index in [1.54, 1.807) is 24.3 Å². The largest absolute Gasteiger partial charge is 0.357 e. The zero-order valence-electron chi connectivity index (χ0n) is 9.20. The van der Waals surface area contributed by atoms with Crippen LogP contribution in [-0.4, -0.2) is 12.2 Å². The molecule has 1 nitrogen and oxygen atoms in total. The van der Waals surface area contributed by atoms with Crippen LogP contribution in [0.2, 0.25) is 0 Å². The van der Waals surface area contributed by atoms with Crippen LogP contribution in [-0.2, 0) is 4.74 Å². The molecule has 2 atom stereocenters. The minimum Gasteiger partial charge on any atom is -0.357 e. The molecule has 0 spiro atoms. The molecule has 2 rings (SSSR count). The Kier molecular flexibility index (Phi) is 3.72. The molecule has 2 aliphatic carbocycles. The van der Waals surface area contributed by atoms with E-state index in [0.29, 0.717) is 10.1 Å². The smallest absolute Gasteiger partial charge is 0.102 e. The second-order valence-electron chi connectivity index (χ2n) is 3.90. The van der Waals surface area contributed by atoms with Crippen LogP contribution in [0.1, 0.15) is 0 Å². The van der Waals surface area contributed by atoms with E-state index in [-0.39, 0.29) is 12.2 Å². The van der Waals surface area contributed by atoms with Crippen molar-refractivity contribution in [3.63, 3.8) is 0 Å². The maximum atomic E-state index is 5.87. The molecule has 0 aliphatic heterocycles. The molecule has 0 saturated carbocycles. The van der Waals surface area contributed by atoms with Crippen LogP contribution in [0.15, 0.2) is 70.8 Å². The molecule has 0 aromatic carbocycles. The summed E-state index contributed by atoms with van der Waals surface area (Å²) in [6.07, 6.45) is 10.6. The van der Waals surface area contributed by atoms with Crippen LogP contribution in [0.3, 0.4) is 0 Å². The maximum Gasteiger partial charge on any atom is 0.102 e. The molecule has 0 fully saturated rings. The lowest BCUT2D eigenvalue weighted by Crippen LogP contribution is -2.23. The van der Waals surface area contributed by atoms with E-state index in [2.05, 4.69) is 13.2 Å². The highest BCUT2D eigenvalue weighted by Crippen LogP contribution is 2.26. The molecule has 0 N–H and O–H groups in total. The molecule has 0 aromatic heterocycles. The van der Waals surface area contributed by atoms with Gasteiger partial charge >= 0.3 is 0 Å². The molecule has 88 valence electrons. The summed E-state index contributed by atoms with van der Waals surface area (Å²) in [5, 5.41) is 1.33. The number of hydrogen-bond acceptors (Lipinski definition) is 1. The standard InChI is InChI=1S/C14H12Cl2O/c1-9-7-11(15)3-5-13(9)17-14-6-4-12(16)8-10(14)2/h3-8,13-14H,1-2H2. The van der Waals surface area contributed by atoms with Gasteiger partial charge in [-0.2, -0.15) is 0 Å². The lowest BCUT2D eigenvalue weighted by atomic mass is 10.0. The molecule has 2 unspecified atom stereocenters. The molecule has 0 saturated heterocycles. The van der Waals surface area contributed by atoms with Crippen LogP contribution in [0.25, 0.3) is 0 Å². The fourth-order valence-corrected chi connectivity index (χ4v) is 2.07. The van der Waals surface area contributed by atoms with Gasteiger partial charge in [0, 0.05) is 10.1 Å². The zero-order chi connectivity index (χ0) is 12.4. The van der Waals surface area contributed by atoms with Crippen molar-refractivity contribution in [2.45, 2.75) is 12.2 Å². The predicted octanol–water partition coefficient (Wildman–Crippen LogP) is 4.24. The summed E-state index contributed by atoms with van der Waals surface area (Å²) in [5.41, 5.74) is 1.67. The van der Waals surface area contributed by atoms with E-state index in [9.17, 15) is 0 Å². The van der Waals surface area contributed by atoms with Gasteiger partial charge in [-0.05, 0) is 47.6 Å². The molecule has 2 aliphatic rings. The van der Waals surface area contributed by atoms with E-state index in [1.807, 2.05) is 12.2 Å². The number of hydrogen-bond donors (Lipinski definition) is 0. The summed E-state index contributed by atoms with van der Waals surface area (Å²) in [6.45, 7) is 7.84. The summed E-state index contributed by atoms with van der Waals surface area (Å²) in [5.74, 6) is 0. The van der Waals surface area contributed by atoms with Gasteiger partial charge in [0.25, 0.3) is 0 Å². The van der Waals surface area contributed by atoms with Crippen molar-refractivity contribution in [2.75, 3.05) is 0 Å². The number of allylic oxidation sites excluding steroid dienone is 4. The Hall–Kier alpha value is -1.02. The Bertz CT molecular complexity index is 436. The van der Waals surface area contributed by atoms with Crippen LogP contribution < -0.4 is 0 Å².